The lowest BCUT2D eigenvalue weighted by Gasteiger charge is -2.12. The molecule has 0 saturated heterocycles. The molecule has 1 amide bonds. The second-order valence-electron chi connectivity index (χ2n) is 6.89. The van der Waals surface area contributed by atoms with Gasteiger partial charge in [-0.1, -0.05) is 43.0 Å². The predicted octanol–water partition coefficient (Wildman–Crippen LogP) is 4.68. The highest BCUT2D eigenvalue weighted by molar-refractivity contribution is 7.99. The molecule has 0 unspecified atom stereocenters. The number of nitrogens with one attached hydrogen (secondary N) is 1. The zero-order valence-electron chi connectivity index (χ0n) is 17.4. The maximum Gasteiger partial charge on any atom is 0.297 e. The Balaban J connectivity index is 1.61. The largest absolute Gasteiger partial charge is 0.492 e. The minimum atomic E-state index is -0.229. The van der Waals surface area contributed by atoms with Crippen LogP contribution in [0.5, 0.6) is 5.75 Å². The van der Waals surface area contributed by atoms with Crippen molar-refractivity contribution in [3.8, 4) is 5.75 Å². The van der Waals surface area contributed by atoms with Crippen LogP contribution in [0.4, 0.5) is 5.69 Å². The molecule has 8 heteroatoms. The van der Waals surface area contributed by atoms with Crippen LogP contribution >= 0.6 is 11.8 Å². The van der Waals surface area contributed by atoms with Crippen LogP contribution in [-0.4, -0.2) is 27.8 Å². The summed E-state index contributed by atoms with van der Waals surface area (Å²) in [6.45, 7) is 4.88. The van der Waals surface area contributed by atoms with Crippen LogP contribution in [0.1, 0.15) is 20.3 Å². The van der Waals surface area contributed by atoms with E-state index >= 15 is 0 Å². The average molecular weight is 438 g/mol. The van der Waals surface area contributed by atoms with E-state index in [4.69, 9.17) is 14.1 Å². The molecule has 0 atom stereocenters. The molecule has 4 rings (SSSR count). The van der Waals surface area contributed by atoms with Crippen LogP contribution in [-0.2, 0) is 11.3 Å². The quantitative estimate of drug-likeness (QED) is 0.318. The number of amides is 1. The normalized spacial score (nSPS) is 11.2. The Bertz CT molecular complexity index is 1300. The highest BCUT2D eigenvalue weighted by Gasteiger charge is 2.18. The molecule has 0 saturated carbocycles. The molecular formula is C23H23N3O4S. The second-order valence-corrected chi connectivity index (χ2v) is 7.84. The summed E-state index contributed by atoms with van der Waals surface area (Å²) >= 11 is 1.23. The van der Waals surface area contributed by atoms with Crippen molar-refractivity contribution in [1.82, 2.24) is 9.55 Å². The predicted molar refractivity (Wildman–Crippen MR) is 123 cm³/mol. The van der Waals surface area contributed by atoms with Gasteiger partial charge in [-0.2, -0.15) is 0 Å². The molecule has 7 nitrogen and oxygen atoms in total. The molecule has 160 valence electrons. The molecule has 0 aliphatic rings. The van der Waals surface area contributed by atoms with E-state index in [1.54, 1.807) is 10.6 Å². The molecule has 0 aliphatic carbocycles. The third-order valence-corrected chi connectivity index (χ3v) is 5.66. The van der Waals surface area contributed by atoms with Gasteiger partial charge in [0, 0.05) is 11.9 Å². The van der Waals surface area contributed by atoms with Crippen LogP contribution in [0.3, 0.4) is 0 Å². The Morgan fingerprint density at radius 2 is 1.94 bits per heavy atom. The molecule has 0 bridgehead atoms. The van der Waals surface area contributed by atoms with E-state index < -0.39 is 0 Å². The van der Waals surface area contributed by atoms with Gasteiger partial charge in [0.25, 0.3) is 5.56 Å². The van der Waals surface area contributed by atoms with Gasteiger partial charge in [0.2, 0.25) is 11.5 Å². The standard InChI is InChI=1S/C23H23N3O4S/c1-3-13-26-22(28)21-20(15-9-5-7-11-17(15)30-21)25-23(26)31-14-19(27)24-16-10-6-8-12-18(16)29-4-2/h5-12H,3-4,13-14H2,1-2H3,(H,24,27). The lowest BCUT2D eigenvalue weighted by molar-refractivity contribution is -0.113. The van der Waals surface area contributed by atoms with Crippen molar-refractivity contribution in [2.45, 2.75) is 32.0 Å². The SMILES string of the molecule is CCCn1c(SCC(=O)Nc2ccccc2OCC)nc2c(oc3ccccc32)c1=O. The number of hydrogen-bond donors (Lipinski definition) is 1. The second kappa shape index (κ2) is 9.26. The Kier molecular flexibility index (Phi) is 6.27. The Hall–Kier alpha value is -3.26. The zero-order chi connectivity index (χ0) is 21.8. The minimum Gasteiger partial charge on any atom is -0.492 e. The van der Waals surface area contributed by atoms with Gasteiger partial charge >= 0.3 is 0 Å². The van der Waals surface area contributed by atoms with Gasteiger partial charge in [-0.25, -0.2) is 4.98 Å². The number of fused-ring (bicyclic) bond motifs is 3. The van der Waals surface area contributed by atoms with Crippen molar-refractivity contribution in [1.29, 1.82) is 0 Å². The Labute approximate surface area is 183 Å². The highest BCUT2D eigenvalue weighted by atomic mass is 32.2. The van der Waals surface area contributed by atoms with Gasteiger partial charge in [0.1, 0.15) is 16.8 Å². The van der Waals surface area contributed by atoms with E-state index in [-0.39, 0.29) is 22.8 Å². The number of carbonyl (C=O) groups excluding carboxylic acids is 1. The van der Waals surface area contributed by atoms with Crippen LogP contribution in [0.15, 0.2) is 62.9 Å². The smallest absolute Gasteiger partial charge is 0.297 e. The highest BCUT2D eigenvalue weighted by Crippen LogP contribution is 2.28. The zero-order valence-corrected chi connectivity index (χ0v) is 18.2. The number of carbonyl (C=O) groups is 1. The molecule has 31 heavy (non-hydrogen) atoms. The molecular weight excluding hydrogens is 414 g/mol. The third kappa shape index (κ3) is 4.29. The van der Waals surface area contributed by atoms with E-state index in [9.17, 15) is 9.59 Å². The number of nitrogens with zero attached hydrogens (tertiary/aromatic N) is 2. The molecule has 2 heterocycles. The van der Waals surface area contributed by atoms with Gasteiger partial charge in [0.05, 0.1) is 18.0 Å². The lowest BCUT2D eigenvalue weighted by atomic mass is 10.2. The van der Waals surface area contributed by atoms with E-state index in [0.717, 1.165) is 11.8 Å². The Morgan fingerprint density at radius 3 is 2.74 bits per heavy atom. The number of benzene rings is 2. The molecule has 2 aromatic heterocycles. The number of aromatic nitrogens is 2. The summed E-state index contributed by atoms with van der Waals surface area (Å²) in [4.78, 5) is 30.4. The van der Waals surface area contributed by atoms with Crippen LogP contribution in [0, 0.1) is 0 Å². The van der Waals surface area contributed by atoms with Crippen molar-refractivity contribution in [2.24, 2.45) is 0 Å². The minimum absolute atomic E-state index is 0.109. The molecule has 2 aromatic carbocycles. The van der Waals surface area contributed by atoms with Gasteiger partial charge < -0.3 is 14.5 Å². The van der Waals surface area contributed by atoms with E-state index in [1.165, 1.54) is 11.8 Å². The average Bonchev–Trinajstić information content (AvgIpc) is 3.15. The van der Waals surface area contributed by atoms with Gasteiger partial charge in [-0.05, 0) is 37.6 Å². The number of para-hydroxylation sites is 3. The van der Waals surface area contributed by atoms with Crippen molar-refractivity contribution in [2.75, 3.05) is 17.7 Å². The van der Waals surface area contributed by atoms with Crippen molar-refractivity contribution in [3.63, 3.8) is 0 Å². The number of furan rings is 1. The van der Waals surface area contributed by atoms with Gasteiger partial charge in [-0.3, -0.25) is 14.2 Å². The monoisotopic (exact) mass is 437 g/mol. The summed E-state index contributed by atoms with van der Waals surface area (Å²) in [6.07, 6.45) is 0.759. The number of anilines is 1. The number of ether oxygens (including phenoxy) is 1. The molecule has 0 aliphatic heterocycles. The topological polar surface area (TPSA) is 86.4 Å². The third-order valence-electron chi connectivity index (χ3n) is 4.69. The fraction of sp³-hybridized carbons (Fsp3) is 0.261. The Morgan fingerprint density at radius 1 is 1.16 bits per heavy atom. The molecule has 0 spiro atoms. The molecule has 1 N–H and O–H groups in total. The number of hydrogen-bond acceptors (Lipinski definition) is 6. The van der Waals surface area contributed by atoms with Crippen molar-refractivity contribution in [3.05, 3.63) is 58.9 Å². The first-order valence-electron chi connectivity index (χ1n) is 10.2. The summed E-state index contributed by atoms with van der Waals surface area (Å²) in [5, 5.41) is 4.16. The maximum atomic E-state index is 13.1. The lowest BCUT2D eigenvalue weighted by Crippen LogP contribution is -2.23. The van der Waals surface area contributed by atoms with Crippen LogP contribution in [0.25, 0.3) is 22.1 Å². The molecule has 0 radical (unpaired) electrons. The summed E-state index contributed by atoms with van der Waals surface area (Å²) < 4.78 is 12.9. The van der Waals surface area contributed by atoms with E-state index in [2.05, 4.69) is 5.32 Å². The van der Waals surface area contributed by atoms with E-state index in [1.807, 2.05) is 56.3 Å². The number of rotatable bonds is 8. The summed E-state index contributed by atoms with van der Waals surface area (Å²) in [5.41, 5.74) is 1.78. The summed E-state index contributed by atoms with van der Waals surface area (Å²) in [5.74, 6) is 0.528. The summed E-state index contributed by atoms with van der Waals surface area (Å²) in [6, 6.07) is 14.7. The first-order chi connectivity index (χ1) is 15.1. The van der Waals surface area contributed by atoms with E-state index in [0.29, 0.717) is 40.8 Å². The van der Waals surface area contributed by atoms with Crippen molar-refractivity contribution >= 4 is 45.4 Å². The fourth-order valence-electron chi connectivity index (χ4n) is 3.35. The molecule has 0 fully saturated rings. The van der Waals surface area contributed by atoms with Crippen molar-refractivity contribution < 1.29 is 13.9 Å². The summed E-state index contributed by atoms with van der Waals surface area (Å²) in [7, 11) is 0. The van der Waals surface area contributed by atoms with Crippen LogP contribution < -0.4 is 15.6 Å². The first kappa shape index (κ1) is 21.0. The van der Waals surface area contributed by atoms with Crippen LogP contribution in [0.2, 0.25) is 0 Å². The number of thioether (sulfide) groups is 1. The maximum absolute atomic E-state index is 13.1. The molecule has 4 aromatic rings. The fourth-order valence-corrected chi connectivity index (χ4v) is 4.17. The van der Waals surface area contributed by atoms with Gasteiger partial charge in [0.15, 0.2) is 5.16 Å². The first-order valence-corrected chi connectivity index (χ1v) is 11.2. The van der Waals surface area contributed by atoms with Gasteiger partial charge in [-0.15, -0.1) is 0 Å².